The molecule has 0 radical (unpaired) electrons. The fourth-order valence-electron chi connectivity index (χ4n) is 3.69. The number of rotatable bonds is 7. The highest BCUT2D eigenvalue weighted by molar-refractivity contribution is 7.99. The fraction of sp³-hybridized carbons (Fsp3) is 0.455. The van der Waals surface area contributed by atoms with Gasteiger partial charge in [-0.1, -0.05) is 23.9 Å². The molecule has 0 unspecified atom stereocenters. The summed E-state index contributed by atoms with van der Waals surface area (Å²) in [5, 5.41) is 9.36. The van der Waals surface area contributed by atoms with Gasteiger partial charge >= 0.3 is 6.18 Å². The molecule has 32 heavy (non-hydrogen) atoms. The van der Waals surface area contributed by atoms with E-state index in [-0.39, 0.29) is 6.10 Å². The third-order valence-corrected chi connectivity index (χ3v) is 6.62. The van der Waals surface area contributed by atoms with Crippen LogP contribution in [0.25, 0.3) is 11.6 Å². The van der Waals surface area contributed by atoms with E-state index in [1.165, 1.54) is 12.1 Å². The van der Waals surface area contributed by atoms with Gasteiger partial charge in [-0.25, -0.2) is 0 Å². The maximum absolute atomic E-state index is 12.8. The van der Waals surface area contributed by atoms with Crippen LogP contribution in [0.4, 0.5) is 13.2 Å². The molecule has 0 amide bonds. The minimum Gasteiger partial charge on any atom is -0.461 e. The quantitative estimate of drug-likeness (QED) is 0.363. The van der Waals surface area contributed by atoms with E-state index in [4.69, 9.17) is 9.15 Å². The molecule has 1 atom stereocenters. The van der Waals surface area contributed by atoms with Crippen molar-refractivity contribution in [2.75, 3.05) is 32.0 Å². The third-order valence-electron chi connectivity index (χ3n) is 5.51. The molecule has 1 aliphatic heterocycles. The number of aryl methyl sites for hydroxylation is 1. The van der Waals surface area contributed by atoms with Crippen LogP contribution in [0, 0.1) is 6.92 Å². The number of alkyl halides is 3. The molecule has 0 N–H and O–H groups in total. The van der Waals surface area contributed by atoms with Crippen LogP contribution in [-0.4, -0.2) is 51.7 Å². The van der Waals surface area contributed by atoms with Crippen LogP contribution in [0.1, 0.15) is 29.2 Å². The molecule has 1 aliphatic rings. The summed E-state index contributed by atoms with van der Waals surface area (Å²) in [5.41, 5.74) is 1.16. The van der Waals surface area contributed by atoms with Crippen LogP contribution in [0.2, 0.25) is 0 Å². The van der Waals surface area contributed by atoms with Crippen molar-refractivity contribution in [1.82, 2.24) is 19.7 Å². The van der Waals surface area contributed by atoms with Crippen LogP contribution < -0.4 is 0 Å². The molecule has 172 valence electrons. The van der Waals surface area contributed by atoms with Gasteiger partial charge in [0.1, 0.15) is 0 Å². The molecule has 0 bridgehead atoms. The lowest BCUT2D eigenvalue weighted by Crippen LogP contribution is -2.39. The molecule has 3 heterocycles. The van der Waals surface area contributed by atoms with Crippen molar-refractivity contribution in [2.45, 2.75) is 30.8 Å². The zero-order valence-electron chi connectivity index (χ0n) is 17.9. The third kappa shape index (κ3) is 5.19. The van der Waals surface area contributed by atoms with Crippen LogP contribution in [0.15, 0.2) is 46.2 Å². The van der Waals surface area contributed by atoms with Crippen molar-refractivity contribution < 1.29 is 22.3 Å². The molecule has 2 aromatic heterocycles. The molecule has 3 aromatic rings. The Morgan fingerprint density at radius 1 is 1.16 bits per heavy atom. The van der Waals surface area contributed by atoms with E-state index in [1.54, 1.807) is 18.0 Å². The predicted molar refractivity (Wildman–Crippen MR) is 115 cm³/mol. The van der Waals surface area contributed by atoms with Gasteiger partial charge in [0.2, 0.25) is 0 Å². The number of thioether (sulfide) groups is 1. The summed E-state index contributed by atoms with van der Waals surface area (Å²) in [6.07, 6.45) is -1.94. The predicted octanol–water partition coefficient (Wildman–Crippen LogP) is 4.96. The summed E-state index contributed by atoms with van der Waals surface area (Å²) in [7, 11) is 1.93. The van der Waals surface area contributed by atoms with E-state index in [1.807, 2.05) is 24.6 Å². The van der Waals surface area contributed by atoms with Gasteiger partial charge in [0.15, 0.2) is 16.7 Å². The number of ether oxygens (including phenoxy) is 1. The van der Waals surface area contributed by atoms with E-state index in [0.717, 1.165) is 59.4 Å². The first-order valence-corrected chi connectivity index (χ1v) is 11.4. The van der Waals surface area contributed by atoms with Crippen molar-refractivity contribution >= 4 is 11.8 Å². The standard InChI is InChI=1S/C22H25F3N4O2S/c1-15-8-11-31-19(15)20-26-27-21(28(20)2)32-13-3-9-29-10-12-30-18(14-29)16-4-6-17(7-5-16)22(23,24)25/h4-8,11,18H,3,9-10,12-14H2,1-2H3/t18-/m0/s1. The van der Waals surface area contributed by atoms with Gasteiger partial charge in [-0.3, -0.25) is 4.90 Å². The van der Waals surface area contributed by atoms with Crippen LogP contribution >= 0.6 is 11.8 Å². The molecule has 1 aromatic carbocycles. The van der Waals surface area contributed by atoms with Crippen LogP contribution in [-0.2, 0) is 18.0 Å². The molecule has 0 aliphatic carbocycles. The van der Waals surface area contributed by atoms with Crippen molar-refractivity contribution in [2.24, 2.45) is 7.05 Å². The van der Waals surface area contributed by atoms with Gasteiger partial charge in [0, 0.05) is 25.9 Å². The van der Waals surface area contributed by atoms with Crippen LogP contribution in [0.3, 0.4) is 0 Å². The highest BCUT2D eigenvalue weighted by Crippen LogP contribution is 2.31. The fourth-order valence-corrected chi connectivity index (χ4v) is 4.52. The van der Waals surface area contributed by atoms with E-state index in [2.05, 4.69) is 15.1 Å². The smallest absolute Gasteiger partial charge is 0.416 e. The van der Waals surface area contributed by atoms with Gasteiger partial charge in [-0.15, -0.1) is 10.2 Å². The summed E-state index contributed by atoms with van der Waals surface area (Å²) in [6, 6.07) is 7.16. The first-order valence-electron chi connectivity index (χ1n) is 10.4. The van der Waals surface area contributed by atoms with Crippen molar-refractivity contribution in [3.63, 3.8) is 0 Å². The van der Waals surface area contributed by atoms with E-state index >= 15 is 0 Å². The number of morpholine rings is 1. The number of halogens is 3. The van der Waals surface area contributed by atoms with Gasteiger partial charge < -0.3 is 13.7 Å². The molecule has 10 heteroatoms. The number of furan rings is 1. The largest absolute Gasteiger partial charge is 0.461 e. The lowest BCUT2D eigenvalue weighted by atomic mass is 10.1. The summed E-state index contributed by atoms with van der Waals surface area (Å²) in [6.45, 7) is 4.90. The highest BCUT2D eigenvalue weighted by atomic mass is 32.2. The Morgan fingerprint density at radius 3 is 2.62 bits per heavy atom. The minimum atomic E-state index is -4.32. The summed E-state index contributed by atoms with van der Waals surface area (Å²) in [4.78, 5) is 2.29. The summed E-state index contributed by atoms with van der Waals surface area (Å²) >= 11 is 1.64. The molecule has 6 nitrogen and oxygen atoms in total. The first kappa shape index (κ1) is 22.9. The van der Waals surface area contributed by atoms with Gasteiger partial charge in [-0.2, -0.15) is 13.2 Å². The summed E-state index contributed by atoms with van der Waals surface area (Å²) < 4.78 is 51.6. The molecule has 4 rings (SSSR count). The van der Waals surface area contributed by atoms with Crippen molar-refractivity contribution in [3.05, 3.63) is 53.3 Å². The average Bonchev–Trinajstić information content (AvgIpc) is 3.36. The number of hydrogen-bond acceptors (Lipinski definition) is 6. The molecule has 1 fully saturated rings. The zero-order valence-corrected chi connectivity index (χ0v) is 18.7. The van der Waals surface area contributed by atoms with E-state index in [0.29, 0.717) is 19.0 Å². The molecular formula is C22H25F3N4O2S. The highest BCUT2D eigenvalue weighted by Gasteiger charge is 2.30. The van der Waals surface area contributed by atoms with Crippen LogP contribution in [0.5, 0.6) is 0 Å². The Bertz CT molecular complexity index is 1030. The maximum Gasteiger partial charge on any atom is 0.416 e. The topological polar surface area (TPSA) is 56.3 Å². The SMILES string of the molecule is Cc1ccoc1-c1nnc(SCCCN2CCO[C@H](c3ccc(C(F)(F)F)cc3)C2)n1C. The maximum atomic E-state index is 12.8. The number of benzene rings is 1. The average molecular weight is 467 g/mol. The van der Waals surface area contributed by atoms with Gasteiger partial charge in [0.25, 0.3) is 0 Å². The Hall–Kier alpha value is -2.30. The second-order valence-corrected chi connectivity index (χ2v) is 8.84. The Morgan fingerprint density at radius 2 is 1.94 bits per heavy atom. The number of nitrogens with zero attached hydrogens (tertiary/aromatic N) is 4. The Labute approximate surface area is 188 Å². The van der Waals surface area contributed by atoms with Gasteiger partial charge in [-0.05, 0) is 49.2 Å². The van der Waals surface area contributed by atoms with Crippen molar-refractivity contribution in [1.29, 1.82) is 0 Å². The monoisotopic (exact) mass is 466 g/mol. The second kappa shape index (κ2) is 9.68. The number of aromatic nitrogens is 3. The second-order valence-electron chi connectivity index (χ2n) is 7.78. The first-order chi connectivity index (χ1) is 15.3. The Kier molecular flexibility index (Phi) is 6.92. The lowest BCUT2D eigenvalue weighted by Gasteiger charge is -2.33. The lowest BCUT2D eigenvalue weighted by molar-refractivity contribution is -0.137. The van der Waals surface area contributed by atoms with Gasteiger partial charge in [0.05, 0.1) is 24.5 Å². The molecule has 0 spiro atoms. The molecule has 0 saturated carbocycles. The molecule has 1 saturated heterocycles. The van der Waals surface area contributed by atoms with Crippen molar-refractivity contribution in [3.8, 4) is 11.6 Å². The Balaban J connectivity index is 1.26. The normalized spacial score (nSPS) is 17.7. The number of hydrogen-bond donors (Lipinski definition) is 0. The zero-order chi connectivity index (χ0) is 22.7. The summed E-state index contributed by atoms with van der Waals surface area (Å²) in [5.74, 6) is 2.32. The minimum absolute atomic E-state index is 0.212. The molecular weight excluding hydrogens is 441 g/mol. The van der Waals surface area contributed by atoms with E-state index < -0.39 is 11.7 Å². The van der Waals surface area contributed by atoms with E-state index in [9.17, 15) is 13.2 Å².